The Morgan fingerprint density at radius 2 is 1.96 bits per heavy atom. The minimum absolute atomic E-state index is 0.0311. The number of amides is 2. The summed E-state index contributed by atoms with van der Waals surface area (Å²) in [4.78, 5) is 26.9. The third-order valence-corrected chi connectivity index (χ3v) is 6.15. The molecule has 1 saturated carbocycles. The van der Waals surface area contributed by atoms with Gasteiger partial charge >= 0.3 is 0 Å². The second-order valence-corrected chi connectivity index (χ2v) is 7.80. The van der Waals surface area contributed by atoms with Gasteiger partial charge in [-0.05, 0) is 25.7 Å². The van der Waals surface area contributed by atoms with Gasteiger partial charge in [-0.15, -0.1) is 21.5 Å². The molecule has 2 fully saturated rings. The molecule has 1 N–H and O–H groups in total. The summed E-state index contributed by atoms with van der Waals surface area (Å²) >= 11 is 1.59. The molecule has 7 heteroatoms. The Kier molecular flexibility index (Phi) is 5.81. The van der Waals surface area contributed by atoms with Crippen molar-refractivity contribution in [3.63, 3.8) is 0 Å². The highest BCUT2D eigenvalue weighted by atomic mass is 32.1. The van der Waals surface area contributed by atoms with Crippen LogP contribution in [-0.2, 0) is 22.4 Å². The first-order valence-electron chi connectivity index (χ1n) is 9.08. The summed E-state index contributed by atoms with van der Waals surface area (Å²) < 4.78 is 0. The molecule has 3 rings (SSSR count). The summed E-state index contributed by atoms with van der Waals surface area (Å²) in [5.74, 6) is -0.588. The van der Waals surface area contributed by atoms with Crippen LogP contribution in [0.4, 0.5) is 0 Å². The highest BCUT2D eigenvalue weighted by molar-refractivity contribution is 7.11. The van der Waals surface area contributed by atoms with Crippen LogP contribution in [0.25, 0.3) is 0 Å². The van der Waals surface area contributed by atoms with Crippen LogP contribution in [0.15, 0.2) is 0 Å². The molecule has 1 unspecified atom stereocenters. The number of carbonyl (C=O) groups is 2. The summed E-state index contributed by atoms with van der Waals surface area (Å²) in [6, 6.07) is 0.359. The van der Waals surface area contributed by atoms with Gasteiger partial charge in [-0.3, -0.25) is 9.59 Å². The van der Waals surface area contributed by atoms with E-state index in [1.54, 1.807) is 11.3 Å². The van der Waals surface area contributed by atoms with Crippen molar-refractivity contribution in [2.24, 2.45) is 5.92 Å². The fourth-order valence-electron chi connectivity index (χ4n) is 3.65. The Labute approximate surface area is 147 Å². The Bertz CT molecular complexity index is 583. The van der Waals surface area contributed by atoms with E-state index in [1.165, 1.54) is 19.3 Å². The van der Waals surface area contributed by atoms with Crippen molar-refractivity contribution in [1.82, 2.24) is 20.4 Å². The van der Waals surface area contributed by atoms with E-state index in [0.717, 1.165) is 35.8 Å². The topological polar surface area (TPSA) is 75.2 Å². The molecule has 2 heterocycles. The van der Waals surface area contributed by atoms with Gasteiger partial charge < -0.3 is 10.2 Å². The van der Waals surface area contributed by atoms with Gasteiger partial charge in [0.25, 0.3) is 0 Å². The van der Waals surface area contributed by atoms with E-state index >= 15 is 0 Å². The number of rotatable bonds is 6. The lowest BCUT2D eigenvalue weighted by atomic mass is 9.94. The van der Waals surface area contributed by atoms with Gasteiger partial charge in [-0.2, -0.15) is 0 Å². The van der Waals surface area contributed by atoms with E-state index in [-0.39, 0.29) is 11.8 Å². The van der Waals surface area contributed by atoms with Crippen molar-refractivity contribution >= 4 is 23.2 Å². The molecule has 1 saturated heterocycles. The lowest BCUT2D eigenvalue weighted by Crippen LogP contribution is -2.42. The Morgan fingerprint density at radius 3 is 2.67 bits per heavy atom. The van der Waals surface area contributed by atoms with Gasteiger partial charge in [0.2, 0.25) is 11.8 Å². The molecule has 1 aliphatic heterocycles. The third-order valence-electron chi connectivity index (χ3n) is 5.02. The van der Waals surface area contributed by atoms with E-state index in [1.807, 2.05) is 4.90 Å². The van der Waals surface area contributed by atoms with Crippen LogP contribution in [0, 0.1) is 5.92 Å². The molecule has 132 valence electrons. The molecule has 0 radical (unpaired) electrons. The first kappa shape index (κ1) is 17.3. The SMILES string of the molecule is CCc1nnc(CCNC(=O)C2CCN(C3CCCCC3)C2=O)s1. The predicted molar refractivity (Wildman–Crippen MR) is 92.7 cm³/mol. The quantitative estimate of drug-likeness (QED) is 0.796. The number of nitrogens with one attached hydrogen (secondary N) is 1. The summed E-state index contributed by atoms with van der Waals surface area (Å²) in [5, 5.41) is 13.1. The maximum atomic E-state index is 12.6. The summed E-state index contributed by atoms with van der Waals surface area (Å²) in [6.07, 6.45) is 8.08. The molecule has 6 nitrogen and oxygen atoms in total. The van der Waals surface area contributed by atoms with Crippen molar-refractivity contribution < 1.29 is 9.59 Å². The summed E-state index contributed by atoms with van der Waals surface area (Å²) in [6.45, 7) is 3.30. The van der Waals surface area contributed by atoms with Crippen molar-refractivity contribution in [2.75, 3.05) is 13.1 Å². The highest BCUT2D eigenvalue weighted by Gasteiger charge is 2.39. The first-order chi connectivity index (χ1) is 11.7. The van der Waals surface area contributed by atoms with Crippen LogP contribution >= 0.6 is 11.3 Å². The molecule has 0 aromatic carbocycles. The Balaban J connectivity index is 1.45. The van der Waals surface area contributed by atoms with Gasteiger partial charge in [-0.1, -0.05) is 26.2 Å². The zero-order chi connectivity index (χ0) is 16.9. The standard InChI is InChI=1S/C17H26N4O2S/c1-2-14-19-20-15(24-14)8-10-18-16(22)13-9-11-21(17(13)23)12-6-4-3-5-7-12/h12-13H,2-11H2,1H3,(H,18,22). The molecule has 2 aliphatic rings. The minimum atomic E-state index is -0.493. The zero-order valence-corrected chi connectivity index (χ0v) is 15.1. The smallest absolute Gasteiger partial charge is 0.235 e. The lowest BCUT2D eigenvalue weighted by Gasteiger charge is -2.31. The largest absolute Gasteiger partial charge is 0.355 e. The van der Waals surface area contributed by atoms with Crippen LogP contribution < -0.4 is 5.32 Å². The minimum Gasteiger partial charge on any atom is -0.355 e. The van der Waals surface area contributed by atoms with Crippen molar-refractivity contribution in [3.8, 4) is 0 Å². The first-order valence-corrected chi connectivity index (χ1v) is 9.90. The molecule has 24 heavy (non-hydrogen) atoms. The lowest BCUT2D eigenvalue weighted by molar-refractivity contribution is -0.139. The van der Waals surface area contributed by atoms with Crippen LogP contribution in [0.5, 0.6) is 0 Å². The molecule has 1 atom stereocenters. The number of hydrogen-bond acceptors (Lipinski definition) is 5. The van der Waals surface area contributed by atoms with E-state index < -0.39 is 5.92 Å². The van der Waals surface area contributed by atoms with Crippen LogP contribution in [0.3, 0.4) is 0 Å². The molecule has 0 bridgehead atoms. The predicted octanol–water partition coefficient (Wildman–Crippen LogP) is 1.94. The molecule has 1 aromatic heterocycles. The van der Waals surface area contributed by atoms with Gasteiger partial charge in [0, 0.05) is 25.6 Å². The van der Waals surface area contributed by atoms with Gasteiger partial charge in [0.05, 0.1) is 0 Å². The summed E-state index contributed by atoms with van der Waals surface area (Å²) in [7, 11) is 0. The van der Waals surface area contributed by atoms with Gasteiger partial charge in [-0.25, -0.2) is 0 Å². The number of aryl methyl sites for hydroxylation is 1. The fraction of sp³-hybridized carbons (Fsp3) is 0.765. The van der Waals surface area contributed by atoms with Gasteiger partial charge in [0.15, 0.2) is 0 Å². The Hall–Kier alpha value is -1.50. The number of hydrogen-bond donors (Lipinski definition) is 1. The average molecular weight is 350 g/mol. The van der Waals surface area contributed by atoms with Crippen LogP contribution in [0.2, 0.25) is 0 Å². The average Bonchev–Trinajstić information content (AvgIpc) is 3.22. The van der Waals surface area contributed by atoms with E-state index in [4.69, 9.17) is 0 Å². The number of carbonyl (C=O) groups excluding carboxylic acids is 2. The molecular formula is C17H26N4O2S. The normalized spacial score (nSPS) is 22.1. The van der Waals surface area contributed by atoms with Crippen molar-refractivity contribution in [3.05, 3.63) is 10.0 Å². The van der Waals surface area contributed by atoms with Crippen molar-refractivity contribution in [2.45, 2.75) is 64.3 Å². The van der Waals surface area contributed by atoms with Crippen LogP contribution in [-0.4, -0.2) is 46.0 Å². The molecular weight excluding hydrogens is 324 g/mol. The number of aromatic nitrogens is 2. The molecule has 2 amide bonds. The highest BCUT2D eigenvalue weighted by Crippen LogP contribution is 2.28. The maximum absolute atomic E-state index is 12.6. The molecule has 0 spiro atoms. The number of nitrogens with zero attached hydrogens (tertiary/aromatic N) is 3. The fourth-order valence-corrected chi connectivity index (χ4v) is 4.43. The van der Waals surface area contributed by atoms with Crippen molar-refractivity contribution in [1.29, 1.82) is 0 Å². The second kappa shape index (κ2) is 8.05. The number of likely N-dealkylation sites (tertiary alicyclic amines) is 1. The summed E-state index contributed by atoms with van der Waals surface area (Å²) in [5.41, 5.74) is 0. The van der Waals surface area contributed by atoms with E-state index in [2.05, 4.69) is 22.4 Å². The van der Waals surface area contributed by atoms with E-state index in [9.17, 15) is 9.59 Å². The third kappa shape index (κ3) is 3.94. The molecule has 1 aliphatic carbocycles. The monoisotopic (exact) mass is 350 g/mol. The molecule has 1 aromatic rings. The zero-order valence-electron chi connectivity index (χ0n) is 14.3. The Morgan fingerprint density at radius 1 is 1.21 bits per heavy atom. The van der Waals surface area contributed by atoms with Crippen LogP contribution in [0.1, 0.15) is 55.5 Å². The van der Waals surface area contributed by atoms with Gasteiger partial charge in [0.1, 0.15) is 15.9 Å². The second-order valence-electron chi connectivity index (χ2n) is 6.65. The van der Waals surface area contributed by atoms with E-state index in [0.29, 0.717) is 25.4 Å². The maximum Gasteiger partial charge on any atom is 0.235 e.